The molecule has 0 aromatic carbocycles. The van der Waals surface area contributed by atoms with Crippen LogP contribution in [-0.4, -0.2) is 73.9 Å². The first kappa shape index (κ1) is 15.1. The van der Waals surface area contributed by atoms with Crippen LogP contribution in [0.3, 0.4) is 0 Å². The van der Waals surface area contributed by atoms with Gasteiger partial charge in [0.1, 0.15) is 5.78 Å². The average molecular weight is 277 g/mol. The lowest BCUT2D eigenvalue weighted by Gasteiger charge is -2.35. The van der Waals surface area contributed by atoms with Gasteiger partial charge in [-0.2, -0.15) is 17.0 Å². The van der Waals surface area contributed by atoms with Gasteiger partial charge in [0.15, 0.2) is 0 Å². The molecule has 1 rings (SSSR count). The van der Waals surface area contributed by atoms with Crippen LogP contribution in [0.15, 0.2) is 0 Å². The minimum Gasteiger partial charge on any atom is -0.340 e. The molecule has 0 saturated carbocycles. The van der Waals surface area contributed by atoms with Gasteiger partial charge < -0.3 is 4.90 Å². The van der Waals surface area contributed by atoms with Crippen molar-refractivity contribution in [2.75, 3.05) is 40.3 Å². The van der Waals surface area contributed by atoms with E-state index in [0.717, 1.165) is 4.31 Å². The van der Waals surface area contributed by atoms with Crippen LogP contribution in [0.2, 0.25) is 0 Å². The van der Waals surface area contributed by atoms with E-state index in [1.165, 1.54) is 30.2 Å². The smallest absolute Gasteiger partial charge is 0.281 e. The van der Waals surface area contributed by atoms with E-state index in [1.54, 1.807) is 0 Å². The molecule has 104 valence electrons. The van der Waals surface area contributed by atoms with Crippen LogP contribution >= 0.6 is 0 Å². The number of carbonyl (C=O) groups is 2. The summed E-state index contributed by atoms with van der Waals surface area (Å²) in [6, 6.07) is 0. The van der Waals surface area contributed by atoms with Crippen molar-refractivity contribution in [1.82, 2.24) is 13.5 Å². The van der Waals surface area contributed by atoms with Gasteiger partial charge in [0.05, 0.1) is 6.42 Å². The Balaban J connectivity index is 2.56. The van der Waals surface area contributed by atoms with E-state index < -0.39 is 10.2 Å². The van der Waals surface area contributed by atoms with Crippen LogP contribution in [0.25, 0.3) is 0 Å². The Hall–Kier alpha value is -0.990. The van der Waals surface area contributed by atoms with Crippen molar-refractivity contribution in [3.05, 3.63) is 0 Å². The molecule has 7 nitrogen and oxygen atoms in total. The Morgan fingerprint density at radius 2 is 1.61 bits per heavy atom. The Morgan fingerprint density at radius 3 is 2.00 bits per heavy atom. The molecule has 0 radical (unpaired) electrons. The molecule has 0 aliphatic carbocycles. The molecule has 0 unspecified atom stereocenters. The number of amides is 1. The van der Waals surface area contributed by atoms with E-state index in [0.29, 0.717) is 13.1 Å². The minimum absolute atomic E-state index is 0.111. The summed E-state index contributed by atoms with van der Waals surface area (Å²) in [4.78, 5) is 24.0. The van der Waals surface area contributed by atoms with Gasteiger partial charge in [-0.1, -0.05) is 0 Å². The van der Waals surface area contributed by atoms with E-state index >= 15 is 0 Å². The molecule has 18 heavy (non-hydrogen) atoms. The molecule has 1 saturated heterocycles. The molecule has 1 aliphatic rings. The molecule has 1 aliphatic heterocycles. The number of nitrogens with zero attached hydrogens (tertiary/aromatic N) is 3. The summed E-state index contributed by atoms with van der Waals surface area (Å²) < 4.78 is 26.2. The molecule has 1 amide bonds. The summed E-state index contributed by atoms with van der Waals surface area (Å²) in [6.45, 7) is 2.57. The predicted octanol–water partition coefficient (Wildman–Crippen LogP) is -1.08. The van der Waals surface area contributed by atoms with E-state index in [1.807, 2.05) is 0 Å². The number of hydrogen-bond acceptors (Lipinski definition) is 4. The molecule has 0 aromatic rings. The molecule has 0 aromatic heterocycles. The highest BCUT2D eigenvalue weighted by atomic mass is 32.2. The summed E-state index contributed by atoms with van der Waals surface area (Å²) in [5, 5.41) is 0. The fourth-order valence-corrected chi connectivity index (χ4v) is 2.81. The molecule has 0 bridgehead atoms. The van der Waals surface area contributed by atoms with Crippen molar-refractivity contribution in [2.24, 2.45) is 0 Å². The Labute approximate surface area is 108 Å². The highest BCUT2D eigenvalue weighted by Gasteiger charge is 2.30. The van der Waals surface area contributed by atoms with Gasteiger partial charge in [-0.15, -0.1) is 0 Å². The lowest BCUT2D eigenvalue weighted by Crippen LogP contribution is -2.53. The lowest BCUT2D eigenvalue weighted by atomic mass is 10.2. The van der Waals surface area contributed by atoms with Crippen molar-refractivity contribution in [1.29, 1.82) is 0 Å². The van der Waals surface area contributed by atoms with Crippen LogP contribution in [-0.2, 0) is 19.8 Å². The van der Waals surface area contributed by atoms with Crippen molar-refractivity contribution >= 4 is 21.9 Å². The van der Waals surface area contributed by atoms with Gasteiger partial charge in [0, 0.05) is 40.3 Å². The first-order valence-electron chi connectivity index (χ1n) is 5.70. The topological polar surface area (TPSA) is 78.0 Å². The Kier molecular flexibility index (Phi) is 4.83. The van der Waals surface area contributed by atoms with Gasteiger partial charge in [-0.05, 0) is 6.92 Å². The molecule has 1 fully saturated rings. The zero-order valence-electron chi connectivity index (χ0n) is 10.9. The van der Waals surface area contributed by atoms with Crippen LogP contribution in [0.1, 0.15) is 13.3 Å². The standard InChI is InChI=1S/C10H19N3O4S/c1-9(14)8-10(15)12-4-6-13(7-5-12)18(16,17)11(2)3/h4-8H2,1-3H3. The predicted molar refractivity (Wildman–Crippen MR) is 66.1 cm³/mol. The summed E-state index contributed by atoms with van der Waals surface area (Å²) in [6.07, 6.45) is -0.111. The van der Waals surface area contributed by atoms with Crippen LogP contribution < -0.4 is 0 Å². The van der Waals surface area contributed by atoms with Gasteiger partial charge in [0.25, 0.3) is 10.2 Å². The fourth-order valence-electron chi connectivity index (χ4n) is 1.72. The Bertz CT molecular complexity index is 424. The second-order valence-electron chi connectivity index (χ2n) is 4.45. The molecule has 8 heteroatoms. The van der Waals surface area contributed by atoms with E-state index in [2.05, 4.69) is 0 Å². The Morgan fingerprint density at radius 1 is 1.11 bits per heavy atom. The normalized spacial score (nSPS) is 18.1. The second-order valence-corrected chi connectivity index (χ2v) is 6.59. The number of Topliss-reactive ketones (excluding diaryl/α,β-unsaturated/α-hetero) is 1. The minimum atomic E-state index is -3.41. The van der Waals surface area contributed by atoms with Crippen LogP contribution in [0.5, 0.6) is 0 Å². The average Bonchev–Trinajstić information content (AvgIpc) is 2.28. The molecule has 0 N–H and O–H groups in total. The van der Waals surface area contributed by atoms with Crippen molar-refractivity contribution in [2.45, 2.75) is 13.3 Å². The number of carbonyl (C=O) groups excluding carboxylic acids is 2. The third-order valence-corrected chi connectivity index (χ3v) is 4.72. The number of piperazine rings is 1. The SMILES string of the molecule is CC(=O)CC(=O)N1CCN(S(=O)(=O)N(C)C)CC1. The molecule has 0 atom stereocenters. The molecular weight excluding hydrogens is 258 g/mol. The maximum Gasteiger partial charge on any atom is 0.281 e. The van der Waals surface area contributed by atoms with Gasteiger partial charge >= 0.3 is 0 Å². The second kappa shape index (κ2) is 5.77. The quantitative estimate of drug-likeness (QED) is 0.612. The summed E-state index contributed by atoms with van der Waals surface area (Å²) in [5.41, 5.74) is 0. The number of hydrogen-bond donors (Lipinski definition) is 0. The summed E-state index contributed by atoms with van der Waals surface area (Å²) >= 11 is 0. The van der Waals surface area contributed by atoms with Crippen molar-refractivity contribution in [3.63, 3.8) is 0 Å². The highest BCUT2D eigenvalue weighted by molar-refractivity contribution is 7.86. The fraction of sp³-hybridized carbons (Fsp3) is 0.800. The van der Waals surface area contributed by atoms with E-state index in [9.17, 15) is 18.0 Å². The zero-order chi connectivity index (χ0) is 13.9. The number of rotatable bonds is 4. The maximum absolute atomic E-state index is 11.8. The molecule has 1 heterocycles. The third kappa shape index (κ3) is 3.50. The van der Waals surface area contributed by atoms with Crippen molar-refractivity contribution < 1.29 is 18.0 Å². The lowest BCUT2D eigenvalue weighted by molar-refractivity contribution is -0.135. The largest absolute Gasteiger partial charge is 0.340 e. The first-order chi connectivity index (χ1) is 8.25. The van der Waals surface area contributed by atoms with Gasteiger partial charge in [-0.25, -0.2) is 0 Å². The van der Waals surface area contributed by atoms with E-state index in [4.69, 9.17) is 0 Å². The van der Waals surface area contributed by atoms with E-state index in [-0.39, 0.29) is 31.2 Å². The zero-order valence-corrected chi connectivity index (χ0v) is 11.7. The van der Waals surface area contributed by atoms with Crippen molar-refractivity contribution in [3.8, 4) is 0 Å². The third-order valence-electron chi connectivity index (χ3n) is 2.78. The highest BCUT2D eigenvalue weighted by Crippen LogP contribution is 2.10. The molecular formula is C10H19N3O4S. The summed E-state index contributed by atoms with van der Waals surface area (Å²) in [5.74, 6) is -0.409. The van der Waals surface area contributed by atoms with Gasteiger partial charge in [-0.3, -0.25) is 9.59 Å². The summed E-state index contributed by atoms with van der Waals surface area (Å²) in [7, 11) is -0.461. The first-order valence-corrected chi connectivity index (χ1v) is 7.09. The van der Waals surface area contributed by atoms with Crippen LogP contribution in [0, 0.1) is 0 Å². The maximum atomic E-state index is 11.8. The van der Waals surface area contributed by atoms with Crippen LogP contribution in [0.4, 0.5) is 0 Å². The monoisotopic (exact) mass is 277 g/mol. The number of ketones is 1. The van der Waals surface area contributed by atoms with Gasteiger partial charge in [0.2, 0.25) is 5.91 Å². The molecule has 0 spiro atoms.